The molecule has 0 aromatic heterocycles. The summed E-state index contributed by atoms with van der Waals surface area (Å²) in [5.74, 6) is -1.55. The molecule has 5 N–H and O–H groups in total. The van der Waals surface area contributed by atoms with Crippen molar-refractivity contribution in [2.75, 3.05) is 25.5 Å². The quantitative estimate of drug-likeness (QED) is 0.269. The van der Waals surface area contributed by atoms with E-state index in [4.69, 9.17) is 15.6 Å². The molecule has 0 aliphatic rings. The van der Waals surface area contributed by atoms with Crippen molar-refractivity contribution in [3.05, 3.63) is 28.3 Å². The lowest BCUT2D eigenvalue weighted by Crippen LogP contribution is -2.40. The largest absolute Gasteiger partial charge is 0.495 e. The van der Waals surface area contributed by atoms with Gasteiger partial charge in [0.2, 0.25) is 5.91 Å². The predicted octanol–water partition coefficient (Wildman–Crippen LogP) is 0.324. The summed E-state index contributed by atoms with van der Waals surface area (Å²) in [5.41, 5.74) is 5.21. The van der Waals surface area contributed by atoms with E-state index in [0.29, 0.717) is 19.5 Å². The van der Waals surface area contributed by atoms with E-state index in [1.54, 1.807) is 0 Å². The molecular weight excluding hydrogens is 320 g/mol. The highest BCUT2D eigenvalue weighted by Crippen LogP contribution is 2.28. The van der Waals surface area contributed by atoms with Gasteiger partial charge in [-0.05, 0) is 25.6 Å². The van der Waals surface area contributed by atoms with Gasteiger partial charge in [-0.15, -0.1) is 0 Å². The fourth-order valence-corrected chi connectivity index (χ4v) is 1.92. The van der Waals surface area contributed by atoms with Gasteiger partial charge in [0.05, 0.1) is 24.1 Å². The van der Waals surface area contributed by atoms with Crippen molar-refractivity contribution in [3.8, 4) is 5.75 Å². The van der Waals surface area contributed by atoms with Gasteiger partial charge in [0, 0.05) is 12.1 Å². The molecule has 0 saturated heterocycles. The SMILES string of the molecule is COc1ccc([N+](=O)[O-])cc1NC(=O)C[C@@H](NCCCN)C(=O)O. The second-order valence-corrected chi connectivity index (χ2v) is 4.88. The molecule has 0 aliphatic heterocycles. The van der Waals surface area contributed by atoms with E-state index in [2.05, 4.69) is 10.6 Å². The number of amides is 1. The monoisotopic (exact) mass is 340 g/mol. The van der Waals surface area contributed by atoms with E-state index in [1.807, 2.05) is 0 Å². The van der Waals surface area contributed by atoms with Gasteiger partial charge >= 0.3 is 5.97 Å². The fourth-order valence-electron chi connectivity index (χ4n) is 1.92. The van der Waals surface area contributed by atoms with Gasteiger partial charge in [-0.25, -0.2) is 0 Å². The number of methoxy groups -OCH3 is 1. The Kier molecular flexibility index (Phi) is 7.59. The first-order valence-electron chi connectivity index (χ1n) is 7.17. The van der Waals surface area contributed by atoms with E-state index in [9.17, 15) is 19.7 Å². The molecule has 24 heavy (non-hydrogen) atoms. The molecule has 0 saturated carbocycles. The number of nitro benzene ring substituents is 1. The Labute approximate surface area is 138 Å². The number of carbonyl (C=O) groups is 2. The van der Waals surface area contributed by atoms with Crippen LogP contribution in [0, 0.1) is 10.1 Å². The molecule has 0 fully saturated rings. The average Bonchev–Trinajstić information content (AvgIpc) is 2.53. The zero-order valence-electron chi connectivity index (χ0n) is 13.2. The van der Waals surface area contributed by atoms with Gasteiger partial charge in [-0.2, -0.15) is 0 Å². The number of nitrogens with two attached hydrogens (primary N) is 1. The number of nitrogens with zero attached hydrogens (tertiary/aromatic N) is 1. The molecule has 10 nitrogen and oxygen atoms in total. The molecule has 0 unspecified atom stereocenters. The van der Waals surface area contributed by atoms with E-state index < -0.39 is 22.8 Å². The Morgan fingerprint density at radius 3 is 2.71 bits per heavy atom. The van der Waals surface area contributed by atoms with Crippen molar-refractivity contribution >= 4 is 23.3 Å². The number of carbonyl (C=O) groups excluding carboxylic acids is 1. The minimum atomic E-state index is -1.17. The molecular formula is C14H20N4O6. The standard InChI is InChI=1S/C14H20N4O6/c1-24-12-4-3-9(18(22)23)7-10(12)17-13(19)8-11(14(20)21)16-6-2-5-15/h3-4,7,11,16H,2,5-6,8,15H2,1H3,(H,17,19)(H,20,21)/t11-/m1/s1. The van der Waals surface area contributed by atoms with Crippen LogP contribution >= 0.6 is 0 Å². The number of carboxylic acids is 1. The highest BCUT2D eigenvalue weighted by molar-refractivity contribution is 5.95. The molecule has 1 rings (SSSR count). The average molecular weight is 340 g/mol. The number of anilines is 1. The van der Waals surface area contributed by atoms with E-state index in [1.165, 1.54) is 19.2 Å². The first-order valence-corrected chi connectivity index (χ1v) is 7.17. The van der Waals surface area contributed by atoms with Crippen LogP contribution in [0.4, 0.5) is 11.4 Å². The predicted molar refractivity (Wildman–Crippen MR) is 86.0 cm³/mol. The molecule has 10 heteroatoms. The maximum absolute atomic E-state index is 12.0. The van der Waals surface area contributed by atoms with E-state index >= 15 is 0 Å². The van der Waals surface area contributed by atoms with Crippen molar-refractivity contribution in [1.82, 2.24) is 5.32 Å². The number of nitro groups is 1. The molecule has 132 valence electrons. The third kappa shape index (κ3) is 5.82. The summed E-state index contributed by atoms with van der Waals surface area (Å²) < 4.78 is 5.03. The summed E-state index contributed by atoms with van der Waals surface area (Å²) in [4.78, 5) is 33.4. The molecule has 0 spiro atoms. The first kappa shape index (κ1) is 19.3. The second-order valence-electron chi connectivity index (χ2n) is 4.88. The molecule has 0 heterocycles. The maximum Gasteiger partial charge on any atom is 0.321 e. The van der Waals surface area contributed by atoms with Crippen molar-refractivity contribution in [3.63, 3.8) is 0 Å². The van der Waals surface area contributed by atoms with Crippen LogP contribution in [0.1, 0.15) is 12.8 Å². The summed E-state index contributed by atoms with van der Waals surface area (Å²) in [6.45, 7) is 0.761. The Hall–Kier alpha value is -2.72. The lowest BCUT2D eigenvalue weighted by Gasteiger charge is -2.15. The van der Waals surface area contributed by atoms with Crippen molar-refractivity contribution < 1.29 is 24.4 Å². The van der Waals surface area contributed by atoms with Crippen LogP contribution in [0.3, 0.4) is 0 Å². The van der Waals surface area contributed by atoms with Gasteiger partial charge in [0.25, 0.3) is 5.69 Å². The number of benzene rings is 1. The summed E-state index contributed by atoms with van der Waals surface area (Å²) in [7, 11) is 1.35. The summed E-state index contributed by atoms with van der Waals surface area (Å²) in [6, 6.07) is 2.65. The smallest absolute Gasteiger partial charge is 0.321 e. The molecule has 1 aromatic rings. The Balaban J connectivity index is 2.79. The van der Waals surface area contributed by atoms with E-state index in [0.717, 1.165) is 6.07 Å². The lowest BCUT2D eigenvalue weighted by molar-refractivity contribution is -0.384. The molecule has 0 radical (unpaired) electrons. The number of nitrogens with one attached hydrogen (secondary N) is 2. The number of ether oxygens (including phenoxy) is 1. The van der Waals surface area contributed by atoms with Crippen molar-refractivity contribution in [2.24, 2.45) is 5.73 Å². The number of hydrogen-bond acceptors (Lipinski definition) is 7. The zero-order valence-corrected chi connectivity index (χ0v) is 13.2. The molecule has 0 bridgehead atoms. The van der Waals surface area contributed by atoms with Crippen molar-refractivity contribution in [2.45, 2.75) is 18.9 Å². The zero-order chi connectivity index (χ0) is 18.1. The number of carboxylic acid groups (broad SMARTS) is 1. The third-order valence-electron chi connectivity index (χ3n) is 3.13. The highest BCUT2D eigenvalue weighted by Gasteiger charge is 2.21. The van der Waals surface area contributed by atoms with Crippen LogP contribution in [0.2, 0.25) is 0 Å². The first-order chi connectivity index (χ1) is 11.4. The van der Waals surface area contributed by atoms with Gasteiger partial charge in [0.1, 0.15) is 11.8 Å². The highest BCUT2D eigenvalue weighted by atomic mass is 16.6. The molecule has 0 aliphatic carbocycles. The maximum atomic E-state index is 12.0. The Bertz CT molecular complexity index is 607. The number of rotatable bonds is 10. The van der Waals surface area contributed by atoms with Crippen LogP contribution in [0.15, 0.2) is 18.2 Å². The summed E-state index contributed by atoms with van der Waals surface area (Å²) in [5, 5.41) is 25.1. The second kappa shape index (κ2) is 9.43. The molecule has 1 atom stereocenters. The van der Waals surface area contributed by atoms with Crippen LogP contribution in [-0.2, 0) is 9.59 Å². The van der Waals surface area contributed by atoms with Gasteiger partial charge in [-0.1, -0.05) is 0 Å². The normalized spacial score (nSPS) is 11.6. The number of non-ortho nitro benzene ring substituents is 1. The number of hydrogen-bond donors (Lipinski definition) is 4. The van der Waals surface area contributed by atoms with Crippen LogP contribution in [0.5, 0.6) is 5.75 Å². The van der Waals surface area contributed by atoms with Gasteiger partial charge < -0.3 is 26.2 Å². The van der Waals surface area contributed by atoms with Gasteiger partial charge in [0.15, 0.2) is 0 Å². The lowest BCUT2D eigenvalue weighted by atomic mass is 10.2. The Morgan fingerprint density at radius 2 is 2.17 bits per heavy atom. The molecule has 1 amide bonds. The third-order valence-corrected chi connectivity index (χ3v) is 3.13. The minimum absolute atomic E-state index is 0.0998. The van der Waals surface area contributed by atoms with Crippen LogP contribution in [0.25, 0.3) is 0 Å². The van der Waals surface area contributed by atoms with Crippen LogP contribution in [-0.4, -0.2) is 48.1 Å². The minimum Gasteiger partial charge on any atom is -0.495 e. The summed E-state index contributed by atoms with van der Waals surface area (Å²) >= 11 is 0. The van der Waals surface area contributed by atoms with E-state index in [-0.39, 0.29) is 23.5 Å². The Morgan fingerprint density at radius 1 is 1.46 bits per heavy atom. The summed E-state index contributed by atoms with van der Waals surface area (Å²) in [6.07, 6.45) is 0.232. The van der Waals surface area contributed by atoms with Gasteiger partial charge in [-0.3, -0.25) is 19.7 Å². The fraction of sp³-hybridized carbons (Fsp3) is 0.429. The topological polar surface area (TPSA) is 157 Å². The van der Waals surface area contributed by atoms with Crippen LogP contribution < -0.4 is 21.1 Å². The van der Waals surface area contributed by atoms with Crippen molar-refractivity contribution in [1.29, 1.82) is 0 Å². The number of aliphatic carboxylic acids is 1. The molecule has 1 aromatic carbocycles.